The predicted molar refractivity (Wildman–Crippen MR) is 96.5 cm³/mol. The average Bonchev–Trinajstić information content (AvgIpc) is 2.56. The summed E-state index contributed by atoms with van der Waals surface area (Å²) in [6.07, 6.45) is 0. The molecule has 5 nitrogen and oxygen atoms in total. The molecule has 0 aromatic heterocycles. The fourth-order valence-corrected chi connectivity index (χ4v) is 2.25. The summed E-state index contributed by atoms with van der Waals surface area (Å²) in [5.74, 6) is -0.331. The van der Waals surface area contributed by atoms with E-state index in [0.717, 1.165) is 11.1 Å². The number of hydrogen-bond donors (Lipinski definition) is 3. The zero-order chi connectivity index (χ0) is 17.5. The van der Waals surface area contributed by atoms with E-state index in [2.05, 4.69) is 16.0 Å². The Bertz CT molecular complexity index is 733. The molecule has 3 amide bonds. The Kier molecular flexibility index (Phi) is 6.46. The molecule has 2 aromatic rings. The quantitative estimate of drug-likeness (QED) is 0.755. The van der Waals surface area contributed by atoms with E-state index in [1.54, 1.807) is 30.3 Å². The van der Waals surface area contributed by atoms with E-state index >= 15 is 0 Å². The fraction of sp³-hybridized carbons (Fsp3) is 0.176. The number of hydrogen-bond acceptors (Lipinski definition) is 2. The Labute approximate surface area is 150 Å². The van der Waals surface area contributed by atoms with Crippen LogP contribution >= 0.6 is 23.2 Å². The second-order valence-electron chi connectivity index (χ2n) is 5.12. The highest BCUT2D eigenvalue weighted by molar-refractivity contribution is 6.31. The first kappa shape index (κ1) is 18.1. The summed E-state index contributed by atoms with van der Waals surface area (Å²) < 4.78 is 0. The van der Waals surface area contributed by atoms with Crippen molar-refractivity contribution >= 4 is 40.8 Å². The maximum atomic E-state index is 11.9. The van der Waals surface area contributed by atoms with E-state index in [-0.39, 0.29) is 12.5 Å². The lowest BCUT2D eigenvalue weighted by molar-refractivity contribution is -0.115. The molecule has 126 valence electrons. The Balaban J connectivity index is 1.75. The summed E-state index contributed by atoms with van der Waals surface area (Å²) in [5.41, 5.74) is 2.31. The highest BCUT2D eigenvalue weighted by Crippen LogP contribution is 2.22. The number of nitrogens with one attached hydrogen (secondary N) is 3. The molecule has 2 rings (SSSR count). The summed E-state index contributed by atoms with van der Waals surface area (Å²) in [5, 5.41) is 9.07. The smallest absolute Gasteiger partial charge is 0.315 e. The molecule has 0 aliphatic carbocycles. The molecule has 0 aliphatic rings. The van der Waals surface area contributed by atoms with Crippen molar-refractivity contribution < 1.29 is 9.59 Å². The second kappa shape index (κ2) is 8.57. The summed E-state index contributed by atoms with van der Waals surface area (Å²) >= 11 is 11.8. The minimum absolute atomic E-state index is 0.140. The van der Waals surface area contributed by atoms with Gasteiger partial charge in [-0.3, -0.25) is 4.79 Å². The number of rotatable bonds is 5. The first-order valence-electron chi connectivity index (χ1n) is 7.27. The van der Waals surface area contributed by atoms with Crippen LogP contribution in [-0.2, 0) is 11.3 Å². The van der Waals surface area contributed by atoms with Crippen LogP contribution in [0.4, 0.5) is 10.5 Å². The highest BCUT2D eigenvalue weighted by atomic mass is 35.5. The van der Waals surface area contributed by atoms with E-state index in [9.17, 15) is 9.59 Å². The standard InChI is InChI=1S/C17H17Cl2N3O2/c1-11-14(19)3-2-4-15(11)22-16(23)10-21-17(24)20-9-12-5-7-13(18)8-6-12/h2-8H,9-10H2,1H3,(H,22,23)(H2,20,21,24). The van der Waals surface area contributed by atoms with E-state index in [4.69, 9.17) is 23.2 Å². The Morgan fingerprint density at radius 2 is 1.71 bits per heavy atom. The number of urea groups is 1. The third-order valence-corrected chi connectivity index (χ3v) is 3.98. The van der Waals surface area contributed by atoms with Crippen LogP contribution in [0.2, 0.25) is 10.0 Å². The summed E-state index contributed by atoms with van der Waals surface area (Å²) in [4.78, 5) is 23.6. The van der Waals surface area contributed by atoms with Crippen molar-refractivity contribution in [3.05, 3.63) is 63.6 Å². The van der Waals surface area contributed by atoms with Crippen LogP contribution < -0.4 is 16.0 Å². The van der Waals surface area contributed by atoms with Crippen LogP contribution in [0.15, 0.2) is 42.5 Å². The van der Waals surface area contributed by atoms with Gasteiger partial charge < -0.3 is 16.0 Å². The van der Waals surface area contributed by atoms with Crippen molar-refractivity contribution in [1.82, 2.24) is 10.6 Å². The van der Waals surface area contributed by atoms with Crippen molar-refractivity contribution in [3.63, 3.8) is 0 Å². The number of halogens is 2. The van der Waals surface area contributed by atoms with Crippen molar-refractivity contribution in [2.75, 3.05) is 11.9 Å². The molecule has 0 radical (unpaired) electrons. The molecule has 2 aromatic carbocycles. The minimum atomic E-state index is -0.428. The summed E-state index contributed by atoms with van der Waals surface area (Å²) in [7, 11) is 0. The van der Waals surface area contributed by atoms with Crippen LogP contribution in [0.1, 0.15) is 11.1 Å². The van der Waals surface area contributed by atoms with E-state index < -0.39 is 6.03 Å². The lowest BCUT2D eigenvalue weighted by Gasteiger charge is -2.11. The molecule has 0 fully saturated rings. The van der Waals surface area contributed by atoms with Crippen LogP contribution in [0.25, 0.3) is 0 Å². The monoisotopic (exact) mass is 365 g/mol. The van der Waals surface area contributed by atoms with Gasteiger partial charge in [0.15, 0.2) is 0 Å². The molecule has 7 heteroatoms. The van der Waals surface area contributed by atoms with Gasteiger partial charge in [0, 0.05) is 22.3 Å². The van der Waals surface area contributed by atoms with E-state index in [1.165, 1.54) is 0 Å². The third-order valence-electron chi connectivity index (χ3n) is 3.32. The van der Waals surface area contributed by atoms with Gasteiger partial charge in [-0.1, -0.05) is 41.4 Å². The Hall–Kier alpha value is -2.24. The molecule has 24 heavy (non-hydrogen) atoms. The molecule has 0 saturated heterocycles. The van der Waals surface area contributed by atoms with Gasteiger partial charge in [-0.15, -0.1) is 0 Å². The van der Waals surface area contributed by atoms with Crippen LogP contribution in [0.5, 0.6) is 0 Å². The Morgan fingerprint density at radius 3 is 2.42 bits per heavy atom. The summed E-state index contributed by atoms with van der Waals surface area (Å²) in [6, 6.07) is 11.9. The zero-order valence-electron chi connectivity index (χ0n) is 13.0. The number of anilines is 1. The van der Waals surface area contributed by atoms with Crippen molar-refractivity contribution in [2.24, 2.45) is 0 Å². The van der Waals surface area contributed by atoms with Gasteiger partial charge in [0.1, 0.15) is 0 Å². The Morgan fingerprint density at radius 1 is 1.00 bits per heavy atom. The van der Waals surface area contributed by atoms with Crippen LogP contribution in [-0.4, -0.2) is 18.5 Å². The van der Waals surface area contributed by atoms with Crippen molar-refractivity contribution in [3.8, 4) is 0 Å². The second-order valence-corrected chi connectivity index (χ2v) is 5.97. The SMILES string of the molecule is Cc1c(Cl)cccc1NC(=O)CNC(=O)NCc1ccc(Cl)cc1. The van der Waals surface area contributed by atoms with Gasteiger partial charge >= 0.3 is 6.03 Å². The van der Waals surface area contributed by atoms with Crippen LogP contribution in [0, 0.1) is 6.92 Å². The number of amides is 3. The number of benzene rings is 2. The van der Waals surface area contributed by atoms with Crippen LogP contribution in [0.3, 0.4) is 0 Å². The maximum Gasteiger partial charge on any atom is 0.315 e. The predicted octanol–water partition coefficient (Wildman–Crippen LogP) is 3.74. The first-order valence-corrected chi connectivity index (χ1v) is 8.02. The average molecular weight is 366 g/mol. The topological polar surface area (TPSA) is 70.2 Å². The fourth-order valence-electron chi connectivity index (χ4n) is 1.94. The highest BCUT2D eigenvalue weighted by Gasteiger charge is 2.08. The van der Waals surface area contributed by atoms with Gasteiger partial charge in [-0.25, -0.2) is 4.79 Å². The van der Waals surface area contributed by atoms with E-state index in [1.807, 2.05) is 19.1 Å². The minimum Gasteiger partial charge on any atom is -0.334 e. The molecule has 3 N–H and O–H groups in total. The molecule has 0 aliphatic heterocycles. The molecular formula is C17H17Cl2N3O2. The largest absolute Gasteiger partial charge is 0.334 e. The van der Waals surface area contributed by atoms with E-state index in [0.29, 0.717) is 22.3 Å². The maximum absolute atomic E-state index is 11.9. The van der Waals surface area contributed by atoms with Gasteiger partial charge in [-0.05, 0) is 42.3 Å². The number of carbonyl (C=O) groups is 2. The molecule has 0 saturated carbocycles. The number of carbonyl (C=O) groups excluding carboxylic acids is 2. The van der Waals surface area contributed by atoms with Crippen molar-refractivity contribution in [2.45, 2.75) is 13.5 Å². The lowest BCUT2D eigenvalue weighted by atomic mass is 10.2. The lowest BCUT2D eigenvalue weighted by Crippen LogP contribution is -2.39. The third kappa shape index (κ3) is 5.44. The van der Waals surface area contributed by atoms with Gasteiger partial charge in [0.25, 0.3) is 0 Å². The van der Waals surface area contributed by atoms with Gasteiger partial charge in [0.2, 0.25) is 5.91 Å². The summed E-state index contributed by atoms with van der Waals surface area (Å²) in [6.45, 7) is 2.01. The van der Waals surface area contributed by atoms with Gasteiger partial charge in [-0.2, -0.15) is 0 Å². The molecule has 0 unspecified atom stereocenters. The molecule has 0 spiro atoms. The first-order chi connectivity index (χ1) is 11.5. The normalized spacial score (nSPS) is 10.1. The molecular weight excluding hydrogens is 349 g/mol. The van der Waals surface area contributed by atoms with Crippen molar-refractivity contribution in [1.29, 1.82) is 0 Å². The molecule has 0 bridgehead atoms. The molecule has 0 heterocycles. The zero-order valence-corrected chi connectivity index (χ0v) is 14.5. The van der Waals surface area contributed by atoms with Gasteiger partial charge in [0.05, 0.1) is 6.54 Å². The molecule has 0 atom stereocenters.